The van der Waals surface area contributed by atoms with E-state index in [1.54, 1.807) is 0 Å². The summed E-state index contributed by atoms with van der Waals surface area (Å²) in [7, 11) is 6.50. The Bertz CT molecular complexity index is 596. The number of ether oxygens (including phenoxy) is 1. The van der Waals surface area contributed by atoms with E-state index in [0.717, 1.165) is 25.4 Å². The van der Waals surface area contributed by atoms with Gasteiger partial charge in [0.25, 0.3) is 0 Å². The first-order valence-corrected chi connectivity index (χ1v) is 11.5. The number of benzene rings is 1. The highest BCUT2D eigenvalue weighted by molar-refractivity contribution is 5.28. The Kier molecular flexibility index (Phi) is 8.79. The third-order valence-electron chi connectivity index (χ3n) is 6.73. The molecule has 1 N–H and O–H groups in total. The smallest absolute Gasteiger partial charge is 0.119 e. The number of aliphatic hydroxyl groups is 1. The molecule has 1 aromatic carbocycles. The zero-order valence-corrected chi connectivity index (χ0v) is 18.7. The Morgan fingerprint density at radius 1 is 1.03 bits per heavy atom. The number of rotatable bonds is 9. The SMILES string of the molecule is CN(C)C1CCN(Cc2cccc(OC[C@@H](O)CN(C)C3CCCCC3)c2)CC1. The standard InChI is InChI=1S/C24H41N3O2/c1-25(2)21-12-14-27(15-13-21)17-20-8-7-11-24(16-20)29-19-23(28)18-26(3)22-9-5-4-6-10-22/h7-8,11,16,21-23,28H,4-6,9-10,12-15,17-19H2,1-3H3/t23-/m0/s1. The molecule has 1 aliphatic heterocycles. The fraction of sp³-hybridized carbons (Fsp3) is 0.750. The van der Waals surface area contributed by atoms with Gasteiger partial charge in [0.2, 0.25) is 0 Å². The van der Waals surface area contributed by atoms with Gasteiger partial charge in [0, 0.05) is 25.2 Å². The van der Waals surface area contributed by atoms with Gasteiger partial charge in [0.05, 0.1) is 0 Å². The molecule has 29 heavy (non-hydrogen) atoms. The molecular weight excluding hydrogens is 362 g/mol. The molecule has 2 aliphatic rings. The largest absolute Gasteiger partial charge is 0.491 e. The topological polar surface area (TPSA) is 39.2 Å². The van der Waals surface area contributed by atoms with E-state index in [4.69, 9.17) is 4.74 Å². The Labute approximate surface area is 177 Å². The summed E-state index contributed by atoms with van der Waals surface area (Å²) >= 11 is 0. The van der Waals surface area contributed by atoms with Gasteiger partial charge in [-0.3, -0.25) is 4.90 Å². The number of likely N-dealkylation sites (N-methyl/N-ethyl adjacent to an activating group) is 1. The van der Waals surface area contributed by atoms with Gasteiger partial charge >= 0.3 is 0 Å². The van der Waals surface area contributed by atoms with Crippen molar-refractivity contribution in [1.29, 1.82) is 0 Å². The molecule has 164 valence electrons. The zero-order chi connectivity index (χ0) is 20.6. The molecule has 1 aliphatic carbocycles. The molecule has 0 unspecified atom stereocenters. The van der Waals surface area contributed by atoms with Crippen LogP contribution in [0, 0.1) is 0 Å². The summed E-state index contributed by atoms with van der Waals surface area (Å²) in [4.78, 5) is 7.21. The van der Waals surface area contributed by atoms with Gasteiger partial charge in [-0.05, 0) is 77.6 Å². The zero-order valence-electron chi connectivity index (χ0n) is 18.7. The summed E-state index contributed by atoms with van der Waals surface area (Å²) in [6.45, 7) is 4.32. The normalized spacial score (nSPS) is 21.0. The molecule has 0 radical (unpaired) electrons. The maximum absolute atomic E-state index is 10.4. The highest BCUT2D eigenvalue weighted by Gasteiger charge is 2.21. The summed E-state index contributed by atoms with van der Waals surface area (Å²) in [5.41, 5.74) is 1.29. The van der Waals surface area contributed by atoms with E-state index in [9.17, 15) is 5.11 Å². The van der Waals surface area contributed by atoms with Crippen LogP contribution >= 0.6 is 0 Å². The van der Waals surface area contributed by atoms with Crippen LogP contribution in [0.1, 0.15) is 50.5 Å². The van der Waals surface area contributed by atoms with Crippen LogP contribution in [0.25, 0.3) is 0 Å². The van der Waals surface area contributed by atoms with Gasteiger partial charge in [-0.2, -0.15) is 0 Å². The van der Waals surface area contributed by atoms with Gasteiger partial charge in [0.15, 0.2) is 0 Å². The van der Waals surface area contributed by atoms with Crippen molar-refractivity contribution in [2.24, 2.45) is 0 Å². The number of likely N-dealkylation sites (tertiary alicyclic amines) is 1. The van der Waals surface area contributed by atoms with Crippen molar-refractivity contribution in [3.05, 3.63) is 29.8 Å². The van der Waals surface area contributed by atoms with Gasteiger partial charge in [-0.1, -0.05) is 31.4 Å². The average molecular weight is 404 g/mol. The molecule has 0 amide bonds. The van der Waals surface area contributed by atoms with Crippen LogP contribution in [-0.2, 0) is 6.54 Å². The number of nitrogens with zero attached hydrogens (tertiary/aromatic N) is 3. The van der Waals surface area contributed by atoms with Crippen LogP contribution in [0.4, 0.5) is 0 Å². The Morgan fingerprint density at radius 2 is 1.76 bits per heavy atom. The van der Waals surface area contributed by atoms with Crippen molar-refractivity contribution < 1.29 is 9.84 Å². The maximum atomic E-state index is 10.4. The van der Waals surface area contributed by atoms with E-state index in [-0.39, 0.29) is 0 Å². The maximum Gasteiger partial charge on any atom is 0.119 e. The molecule has 1 heterocycles. The summed E-state index contributed by atoms with van der Waals surface area (Å²) in [6.07, 6.45) is 8.56. The lowest BCUT2D eigenvalue weighted by Crippen LogP contribution is -2.41. The summed E-state index contributed by atoms with van der Waals surface area (Å²) in [6, 6.07) is 9.72. The minimum Gasteiger partial charge on any atom is -0.491 e. The highest BCUT2D eigenvalue weighted by atomic mass is 16.5. The van der Waals surface area contributed by atoms with E-state index >= 15 is 0 Å². The molecule has 0 bridgehead atoms. The van der Waals surface area contributed by atoms with Crippen LogP contribution in [0.15, 0.2) is 24.3 Å². The first-order valence-electron chi connectivity index (χ1n) is 11.5. The molecule has 5 nitrogen and oxygen atoms in total. The lowest BCUT2D eigenvalue weighted by Gasteiger charge is -2.35. The monoisotopic (exact) mass is 403 g/mol. The fourth-order valence-electron chi connectivity index (χ4n) is 4.83. The number of hydrogen-bond donors (Lipinski definition) is 1. The first kappa shape index (κ1) is 22.5. The van der Waals surface area contributed by atoms with Crippen molar-refractivity contribution in [2.75, 3.05) is 47.4 Å². The van der Waals surface area contributed by atoms with E-state index < -0.39 is 6.10 Å². The summed E-state index contributed by atoms with van der Waals surface area (Å²) < 4.78 is 5.93. The fourth-order valence-corrected chi connectivity index (χ4v) is 4.83. The summed E-state index contributed by atoms with van der Waals surface area (Å²) in [5, 5.41) is 10.4. The van der Waals surface area contributed by atoms with Crippen molar-refractivity contribution in [2.45, 2.75) is 69.7 Å². The number of hydrogen-bond acceptors (Lipinski definition) is 5. The Morgan fingerprint density at radius 3 is 2.45 bits per heavy atom. The van der Waals surface area contributed by atoms with Crippen molar-refractivity contribution >= 4 is 0 Å². The van der Waals surface area contributed by atoms with Crippen LogP contribution in [0.5, 0.6) is 5.75 Å². The highest BCUT2D eigenvalue weighted by Crippen LogP contribution is 2.22. The Balaban J connectivity index is 1.41. The van der Waals surface area contributed by atoms with Crippen LogP contribution in [0.2, 0.25) is 0 Å². The number of piperidine rings is 1. The molecule has 0 aromatic heterocycles. The first-order chi connectivity index (χ1) is 14.0. The molecule has 2 fully saturated rings. The minimum atomic E-state index is -0.448. The van der Waals surface area contributed by atoms with Gasteiger partial charge < -0.3 is 19.6 Å². The third-order valence-corrected chi connectivity index (χ3v) is 6.73. The molecule has 5 heteroatoms. The molecule has 3 rings (SSSR count). The molecule has 0 spiro atoms. The third kappa shape index (κ3) is 7.25. The van der Waals surface area contributed by atoms with E-state index in [1.807, 2.05) is 6.07 Å². The van der Waals surface area contributed by atoms with E-state index in [0.29, 0.717) is 25.2 Å². The molecule has 1 aromatic rings. The van der Waals surface area contributed by atoms with Gasteiger partial charge in [-0.15, -0.1) is 0 Å². The lowest BCUT2D eigenvalue weighted by molar-refractivity contribution is 0.0561. The number of aliphatic hydroxyl groups excluding tert-OH is 1. The molecule has 1 saturated carbocycles. The van der Waals surface area contributed by atoms with Crippen LogP contribution in [0.3, 0.4) is 0 Å². The van der Waals surface area contributed by atoms with Crippen molar-refractivity contribution in [3.8, 4) is 5.75 Å². The Hall–Kier alpha value is -1.14. The van der Waals surface area contributed by atoms with Crippen molar-refractivity contribution in [1.82, 2.24) is 14.7 Å². The van der Waals surface area contributed by atoms with Crippen LogP contribution in [-0.4, -0.2) is 85.4 Å². The van der Waals surface area contributed by atoms with E-state index in [2.05, 4.69) is 54.0 Å². The molecular formula is C24H41N3O2. The van der Waals surface area contributed by atoms with E-state index in [1.165, 1.54) is 50.5 Å². The second-order valence-corrected chi connectivity index (χ2v) is 9.31. The van der Waals surface area contributed by atoms with Gasteiger partial charge in [0.1, 0.15) is 18.5 Å². The predicted octanol–water partition coefficient (Wildman–Crippen LogP) is 3.22. The van der Waals surface area contributed by atoms with Crippen LogP contribution < -0.4 is 4.74 Å². The minimum absolute atomic E-state index is 0.356. The molecule has 1 saturated heterocycles. The average Bonchev–Trinajstić information content (AvgIpc) is 2.73. The second-order valence-electron chi connectivity index (χ2n) is 9.31. The second kappa shape index (κ2) is 11.3. The van der Waals surface area contributed by atoms with Gasteiger partial charge in [-0.25, -0.2) is 0 Å². The quantitative estimate of drug-likeness (QED) is 0.685. The predicted molar refractivity (Wildman–Crippen MR) is 119 cm³/mol. The summed E-state index contributed by atoms with van der Waals surface area (Å²) in [5.74, 6) is 0.866. The lowest BCUT2D eigenvalue weighted by atomic mass is 9.94. The molecule has 1 atom stereocenters. The van der Waals surface area contributed by atoms with Crippen molar-refractivity contribution in [3.63, 3.8) is 0 Å².